The molecular weight excluding hydrogens is 306 g/mol. The van der Waals surface area contributed by atoms with Gasteiger partial charge in [0.15, 0.2) is 12.4 Å². The summed E-state index contributed by atoms with van der Waals surface area (Å²) in [4.78, 5) is 24.7. The average molecular weight is 329 g/mol. The lowest BCUT2D eigenvalue weighted by molar-refractivity contribution is 0.0471. The maximum atomic E-state index is 12.4. The number of hydrogen-bond acceptors (Lipinski definition) is 5. The second kappa shape index (κ2) is 6.99. The van der Waals surface area contributed by atoms with Crippen LogP contribution in [0.5, 0.6) is 0 Å². The van der Waals surface area contributed by atoms with Gasteiger partial charge in [0.05, 0.1) is 5.69 Å². The molecule has 0 N–H and O–H groups in total. The number of esters is 1. The molecule has 0 aliphatic carbocycles. The van der Waals surface area contributed by atoms with Crippen LogP contribution in [0.4, 0.5) is 0 Å². The number of nitrogens with zero attached hydrogens (tertiary/aromatic N) is 1. The molecular formula is C19H23NO4. The van der Waals surface area contributed by atoms with Crippen molar-refractivity contribution in [2.45, 2.75) is 47.5 Å². The van der Waals surface area contributed by atoms with Crippen LogP contribution in [0.3, 0.4) is 0 Å². The zero-order valence-electron chi connectivity index (χ0n) is 15.0. The van der Waals surface area contributed by atoms with Crippen LogP contribution in [0.15, 0.2) is 16.7 Å². The van der Waals surface area contributed by atoms with Crippen molar-refractivity contribution in [2.24, 2.45) is 0 Å². The first-order chi connectivity index (χ1) is 11.2. The number of hydrogen-bond donors (Lipinski definition) is 0. The predicted molar refractivity (Wildman–Crippen MR) is 90.6 cm³/mol. The van der Waals surface area contributed by atoms with Crippen molar-refractivity contribution >= 4 is 11.8 Å². The normalized spacial score (nSPS) is 11.0. The second-order valence-electron chi connectivity index (χ2n) is 6.41. The first-order valence-corrected chi connectivity index (χ1v) is 7.96. The van der Waals surface area contributed by atoms with Crippen molar-refractivity contribution < 1.29 is 18.8 Å². The van der Waals surface area contributed by atoms with Crippen LogP contribution in [0, 0.1) is 27.7 Å². The molecule has 0 saturated heterocycles. The summed E-state index contributed by atoms with van der Waals surface area (Å²) in [6, 6.07) is 3.80. The molecule has 5 heteroatoms. The van der Waals surface area contributed by atoms with Crippen molar-refractivity contribution in [3.63, 3.8) is 0 Å². The zero-order valence-corrected chi connectivity index (χ0v) is 15.0. The molecule has 0 unspecified atom stereocenters. The van der Waals surface area contributed by atoms with Crippen molar-refractivity contribution in [3.05, 3.63) is 51.4 Å². The third-order valence-corrected chi connectivity index (χ3v) is 4.09. The Hall–Kier alpha value is -2.43. The summed E-state index contributed by atoms with van der Waals surface area (Å²) in [5.74, 6) is -0.310. The Bertz CT molecular complexity index is 787. The molecule has 0 radical (unpaired) electrons. The summed E-state index contributed by atoms with van der Waals surface area (Å²) in [7, 11) is 0. The van der Waals surface area contributed by atoms with Gasteiger partial charge in [-0.1, -0.05) is 25.1 Å². The molecule has 0 atom stereocenters. The van der Waals surface area contributed by atoms with Crippen LogP contribution in [0.1, 0.15) is 68.6 Å². The van der Waals surface area contributed by atoms with Crippen LogP contribution >= 0.6 is 0 Å². The summed E-state index contributed by atoms with van der Waals surface area (Å²) < 4.78 is 10.4. The van der Waals surface area contributed by atoms with E-state index < -0.39 is 5.97 Å². The molecule has 5 nitrogen and oxygen atoms in total. The molecule has 2 aromatic rings. The minimum atomic E-state index is -0.577. The Labute approximate surface area is 142 Å². The maximum absolute atomic E-state index is 12.4. The number of carbonyl (C=O) groups is 2. The standard InChI is InChI=1S/C19H23NO4/c1-10(2)18-17(14(6)20-24-18)19(22)23-9-16(21)15-8-12(4)11(3)7-13(15)5/h7-8,10H,9H2,1-6H3. The molecule has 1 aromatic carbocycles. The SMILES string of the molecule is Cc1cc(C)c(C(=O)COC(=O)c2c(C)noc2C(C)C)cc1C. The van der Waals surface area contributed by atoms with Crippen LogP contribution in [-0.2, 0) is 4.74 Å². The Morgan fingerprint density at radius 3 is 2.33 bits per heavy atom. The van der Waals surface area contributed by atoms with Crippen LogP contribution in [-0.4, -0.2) is 23.5 Å². The summed E-state index contributed by atoms with van der Waals surface area (Å²) in [6.45, 7) is 11.0. The smallest absolute Gasteiger partial charge is 0.344 e. The van der Waals surface area contributed by atoms with Gasteiger partial charge in [-0.2, -0.15) is 0 Å². The van der Waals surface area contributed by atoms with E-state index in [-0.39, 0.29) is 18.3 Å². The van der Waals surface area contributed by atoms with Gasteiger partial charge < -0.3 is 9.26 Å². The van der Waals surface area contributed by atoms with Crippen molar-refractivity contribution in [1.29, 1.82) is 0 Å². The van der Waals surface area contributed by atoms with E-state index in [1.807, 2.05) is 46.8 Å². The second-order valence-corrected chi connectivity index (χ2v) is 6.41. The van der Waals surface area contributed by atoms with Gasteiger partial charge in [0.1, 0.15) is 5.56 Å². The first kappa shape index (κ1) is 17.9. The van der Waals surface area contributed by atoms with Gasteiger partial charge in [-0.15, -0.1) is 0 Å². The lowest BCUT2D eigenvalue weighted by Crippen LogP contribution is -2.17. The maximum Gasteiger partial charge on any atom is 0.344 e. The Balaban J connectivity index is 2.14. The van der Waals surface area contributed by atoms with Gasteiger partial charge in [-0.25, -0.2) is 4.79 Å². The minimum Gasteiger partial charge on any atom is -0.454 e. The van der Waals surface area contributed by atoms with E-state index in [0.717, 1.165) is 16.7 Å². The van der Waals surface area contributed by atoms with Crippen LogP contribution in [0.25, 0.3) is 0 Å². The summed E-state index contributed by atoms with van der Waals surface area (Å²) in [5.41, 5.74) is 4.41. The van der Waals surface area contributed by atoms with Crippen LogP contribution < -0.4 is 0 Å². The highest BCUT2D eigenvalue weighted by Gasteiger charge is 2.24. The van der Waals surface area contributed by atoms with E-state index in [4.69, 9.17) is 9.26 Å². The molecule has 2 rings (SSSR count). The molecule has 1 heterocycles. The van der Waals surface area contributed by atoms with E-state index in [1.54, 1.807) is 6.92 Å². The van der Waals surface area contributed by atoms with Crippen molar-refractivity contribution in [2.75, 3.05) is 6.61 Å². The number of rotatable bonds is 5. The van der Waals surface area contributed by atoms with E-state index in [0.29, 0.717) is 22.6 Å². The molecule has 0 spiro atoms. The highest BCUT2D eigenvalue weighted by Crippen LogP contribution is 2.23. The monoisotopic (exact) mass is 329 g/mol. The quantitative estimate of drug-likeness (QED) is 0.611. The number of aryl methyl sites for hydroxylation is 4. The van der Waals surface area contributed by atoms with Crippen LogP contribution in [0.2, 0.25) is 0 Å². The van der Waals surface area contributed by atoms with Gasteiger partial charge in [0, 0.05) is 11.5 Å². The summed E-state index contributed by atoms with van der Waals surface area (Å²) >= 11 is 0. The van der Waals surface area contributed by atoms with Gasteiger partial charge in [-0.05, 0) is 50.5 Å². The number of carbonyl (C=O) groups excluding carboxylic acids is 2. The number of benzene rings is 1. The lowest BCUT2D eigenvalue weighted by atomic mass is 9.98. The molecule has 0 aliphatic heterocycles. The number of Topliss-reactive ketones (excluding diaryl/α,β-unsaturated/α-hetero) is 1. The molecule has 24 heavy (non-hydrogen) atoms. The zero-order chi connectivity index (χ0) is 18.0. The van der Waals surface area contributed by atoms with E-state index in [2.05, 4.69) is 5.16 Å². The Morgan fingerprint density at radius 1 is 1.08 bits per heavy atom. The minimum absolute atomic E-state index is 0.00597. The summed E-state index contributed by atoms with van der Waals surface area (Å²) in [6.07, 6.45) is 0. The van der Waals surface area contributed by atoms with Gasteiger partial charge in [-0.3, -0.25) is 4.79 Å². The Morgan fingerprint density at radius 2 is 1.71 bits per heavy atom. The van der Waals surface area contributed by atoms with Crippen molar-refractivity contribution in [1.82, 2.24) is 5.16 Å². The van der Waals surface area contributed by atoms with Gasteiger partial charge in [0.2, 0.25) is 5.78 Å². The number of ketones is 1. The van der Waals surface area contributed by atoms with Gasteiger partial charge in [0.25, 0.3) is 0 Å². The lowest BCUT2D eigenvalue weighted by Gasteiger charge is -2.10. The van der Waals surface area contributed by atoms with Crippen molar-refractivity contribution in [3.8, 4) is 0 Å². The average Bonchev–Trinajstić information content (AvgIpc) is 2.90. The first-order valence-electron chi connectivity index (χ1n) is 7.96. The predicted octanol–water partition coefficient (Wildman–Crippen LogP) is 4.07. The molecule has 0 saturated carbocycles. The highest BCUT2D eigenvalue weighted by molar-refractivity contribution is 6.01. The third kappa shape index (κ3) is 3.55. The highest BCUT2D eigenvalue weighted by atomic mass is 16.5. The summed E-state index contributed by atoms with van der Waals surface area (Å²) in [5, 5.41) is 3.82. The van der Waals surface area contributed by atoms with Gasteiger partial charge >= 0.3 is 5.97 Å². The fourth-order valence-corrected chi connectivity index (χ4v) is 2.57. The van der Waals surface area contributed by atoms with E-state index in [9.17, 15) is 9.59 Å². The van der Waals surface area contributed by atoms with E-state index >= 15 is 0 Å². The number of aromatic nitrogens is 1. The molecule has 1 aromatic heterocycles. The molecule has 0 fully saturated rings. The molecule has 128 valence electrons. The Kier molecular flexibility index (Phi) is 5.22. The largest absolute Gasteiger partial charge is 0.454 e. The molecule has 0 aliphatic rings. The third-order valence-electron chi connectivity index (χ3n) is 4.09. The number of ether oxygens (including phenoxy) is 1. The molecule has 0 amide bonds. The van der Waals surface area contributed by atoms with E-state index in [1.165, 1.54) is 0 Å². The molecule has 0 bridgehead atoms. The topological polar surface area (TPSA) is 69.4 Å². The fourth-order valence-electron chi connectivity index (χ4n) is 2.57. The fraction of sp³-hybridized carbons (Fsp3) is 0.421.